The van der Waals surface area contributed by atoms with Crippen molar-refractivity contribution < 1.29 is 9.47 Å². The minimum atomic E-state index is 0.661. The highest BCUT2D eigenvalue weighted by molar-refractivity contribution is 5.79. The van der Waals surface area contributed by atoms with E-state index in [1.807, 2.05) is 0 Å². The molecule has 0 spiro atoms. The molecule has 2 rings (SSSR count). The highest BCUT2D eigenvalue weighted by Crippen LogP contribution is 2.14. The summed E-state index contributed by atoms with van der Waals surface area (Å²) in [6.07, 6.45) is 6.16. The first-order valence-electron chi connectivity index (χ1n) is 11.2. The molecule has 1 fully saturated rings. The van der Waals surface area contributed by atoms with Crippen LogP contribution in [0.25, 0.3) is 0 Å². The van der Waals surface area contributed by atoms with Crippen molar-refractivity contribution in [2.75, 3.05) is 53.1 Å². The van der Waals surface area contributed by atoms with Crippen LogP contribution in [0.2, 0.25) is 0 Å². The molecule has 6 nitrogen and oxygen atoms in total. The van der Waals surface area contributed by atoms with E-state index < -0.39 is 0 Å². The van der Waals surface area contributed by atoms with Gasteiger partial charge in [0.05, 0.1) is 19.8 Å². The van der Waals surface area contributed by atoms with Crippen LogP contribution in [0.3, 0.4) is 0 Å². The van der Waals surface area contributed by atoms with Crippen molar-refractivity contribution in [3.63, 3.8) is 0 Å². The van der Waals surface area contributed by atoms with Crippen LogP contribution in [0.15, 0.2) is 29.3 Å². The van der Waals surface area contributed by atoms with Crippen molar-refractivity contribution in [1.82, 2.24) is 15.5 Å². The zero-order chi connectivity index (χ0) is 20.6. The van der Waals surface area contributed by atoms with Crippen molar-refractivity contribution >= 4 is 5.96 Å². The number of ether oxygens (including phenoxy) is 2. The van der Waals surface area contributed by atoms with E-state index in [1.165, 1.54) is 43.5 Å². The van der Waals surface area contributed by atoms with E-state index in [4.69, 9.17) is 14.5 Å². The van der Waals surface area contributed by atoms with Crippen molar-refractivity contribution in [3.8, 4) is 0 Å². The number of unbranched alkanes of at least 4 members (excludes halogenated alkanes) is 1. The zero-order valence-electron chi connectivity index (χ0n) is 18.4. The predicted octanol–water partition coefficient (Wildman–Crippen LogP) is 3.17. The summed E-state index contributed by atoms with van der Waals surface area (Å²) < 4.78 is 10.5. The molecule has 1 aliphatic rings. The molecule has 6 heteroatoms. The lowest BCUT2D eigenvalue weighted by Gasteiger charge is -2.26. The molecule has 0 radical (unpaired) electrons. The minimum absolute atomic E-state index is 0.661. The van der Waals surface area contributed by atoms with Gasteiger partial charge in [-0.25, -0.2) is 4.99 Å². The molecule has 0 amide bonds. The summed E-state index contributed by atoms with van der Waals surface area (Å²) in [6.45, 7) is 10.2. The van der Waals surface area contributed by atoms with Gasteiger partial charge < -0.3 is 20.1 Å². The summed E-state index contributed by atoms with van der Waals surface area (Å²) in [5.74, 6) is 0.880. The van der Waals surface area contributed by atoms with Gasteiger partial charge in [0.1, 0.15) is 0 Å². The van der Waals surface area contributed by atoms with E-state index in [0.717, 1.165) is 45.0 Å². The van der Waals surface area contributed by atoms with Crippen molar-refractivity contribution in [1.29, 1.82) is 0 Å². The van der Waals surface area contributed by atoms with Gasteiger partial charge in [-0.3, -0.25) is 4.90 Å². The quantitative estimate of drug-likeness (QED) is 0.300. The number of aliphatic imine (C=N–C) groups is 1. The number of benzene rings is 1. The van der Waals surface area contributed by atoms with Gasteiger partial charge in [-0.1, -0.05) is 30.7 Å². The van der Waals surface area contributed by atoms with Gasteiger partial charge in [0.25, 0.3) is 0 Å². The molecule has 0 atom stereocenters. The van der Waals surface area contributed by atoms with Gasteiger partial charge in [-0.05, 0) is 56.8 Å². The molecule has 1 aromatic rings. The van der Waals surface area contributed by atoms with E-state index in [1.54, 1.807) is 7.11 Å². The monoisotopic (exact) mass is 404 g/mol. The number of methoxy groups -OCH3 is 1. The molecule has 0 bridgehead atoms. The van der Waals surface area contributed by atoms with E-state index in [9.17, 15) is 0 Å². The summed E-state index contributed by atoms with van der Waals surface area (Å²) >= 11 is 0. The summed E-state index contributed by atoms with van der Waals surface area (Å²) in [6, 6.07) is 8.93. The summed E-state index contributed by atoms with van der Waals surface area (Å²) in [7, 11) is 1.69. The highest BCUT2D eigenvalue weighted by atomic mass is 16.5. The Labute approximate surface area is 177 Å². The first-order valence-corrected chi connectivity index (χ1v) is 11.2. The Balaban J connectivity index is 1.68. The Morgan fingerprint density at radius 3 is 2.45 bits per heavy atom. The number of nitrogens with zero attached hydrogens (tertiary/aromatic N) is 2. The van der Waals surface area contributed by atoms with Crippen LogP contribution in [0.5, 0.6) is 0 Å². The number of hydrogen-bond donors (Lipinski definition) is 2. The molecule has 0 aliphatic carbocycles. The standard InChI is InChI=1S/C23H40N4O2/c1-3-24-23(25-13-5-8-16-29-18-17-28-2)26-19-21-9-11-22(12-10-21)20-27-14-6-4-7-15-27/h9-12H,3-8,13-20H2,1-2H3,(H2,24,25,26). The molecule has 1 heterocycles. The summed E-state index contributed by atoms with van der Waals surface area (Å²) in [4.78, 5) is 7.29. The van der Waals surface area contributed by atoms with Crippen LogP contribution in [0.4, 0.5) is 0 Å². The van der Waals surface area contributed by atoms with Gasteiger partial charge in [-0.2, -0.15) is 0 Å². The normalized spacial score (nSPS) is 15.4. The molecule has 1 aliphatic heterocycles. The molecular weight excluding hydrogens is 364 g/mol. The molecule has 0 unspecified atom stereocenters. The van der Waals surface area contributed by atoms with Crippen molar-refractivity contribution in [2.45, 2.75) is 52.1 Å². The fourth-order valence-corrected chi connectivity index (χ4v) is 3.42. The number of likely N-dealkylation sites (tertiary alicyclic amines) is 1. The second kappa shape index (κ2) is 15.2. The Morgan fingerprint density at radius 2 is 1.72 bits per heavy atom. The lowest BCUT2D eigenvalue weighted by molar-refractivity contribution is 0.0689. The fourth-order valence-electron chi connectivity index (χ4n) is 3.42. The molecule has 0 saturated carbocycles. The van der Waals surface area contributed by atoms with Crippen LogP contribution >= 0.6 is 0 Å². The Bertz CT molecular complexity index is 557. The highest BCUT2D eigenvalue weighted by Gasteiger charge is 2.10. The number of hydrogen-bond acceptors (Lipinski definition) is 4. The first kappa shape index (κ1) is 23.6. The Kier molecular flexibility index (Phi) is 12.4. The smallest absolute Gasteiger partial charge is 0.191 e. The second-order valence-electron chi connectivity index (χ2n) is 7.59. The molecular formula is C23H40N4O2. The van der Waals surface area contributed by atoms with E-state index in [-0.39, 0.29) is 0 Å². The lowest BCUT2D eigenvalue weighted by Crippen LogP contribution is -2.37. The van der Waals surface area contributed by atoms with E-state index in [0.29, 0.717) is 19.8 Å². The van der Waals surface area contributed by atoms with Crippen LogP contribution in [0.1, 0.15) is 50.2 Å². The third-order valence-electron chi connectivity index (χ3n) is 5.08. The van der Waals surface area contributed by atoms with Crippen LogP contribution < -0.4 is 10.6 Å². The maximum atomic E-state index is 5.49. The summed E-state index contributed by atoms with van der Waals surface area (Å²) in [5.41, 5.74) is 2.65. The van der Waals surface area contributed by atoms with Gasteiger partial charge in [-0.15, -0.1) is 0 Å². The van der Waals surface area contributed by atoms with Gasteiger partial charge in [0, 0.05) is 33.4 Å². The largest absolute Gasteiger partial charge is 0.382 e. The maximum Gasteiger partial charge on any atom is 0.191 e. The minimum Gasteiger partial charge on any atom is -0.382 e. The zero-order valence-corrected chi connectivity index (χ0v) is 18.4. The number of guanidine groups is 1. The van der Waals surface area contributed by atoms with E-state index in [2.05, 4.69) is 46.7 Å². The Morgan fingerprint density at radius 1 is 0.966 bits per heavy atom. The third-order valence-corrected chi connectivity index (χ3v) is 5.08. The van der Waals surface area contributed by atoms with Gasteiger partial charge >= 0.3 is 0 Å². The SMILES string of the molecule is CCNC(=NCc1ccc(CN2CCCCC2)cc1)NCCCCOCCOC. The molecule has 1 saturated heterocycles. The fraction of sp³-hybridized carbons (Fsp3) is 0.696. The van der Waals surface area contributed by atoms with Gasteiger partial charge in [0.2, 0.25) is 0 Å². The predicted molar refractivity (Wildman–Crippen MR) is 120 cm³/mol. The molecule has 29 heavy (non-hydrogen) atoms. The first-order chi connectivity index (χ1) is 14.3. The number of nitrogens with one attached hydrogen (secondary N) is 2. The number of rotatable bonds is 13. The lowest BCUT2D eigenvalue weighted by atomic mass is 10.1. The van der Waals surface area contributed by atoms with Gasteiger partial charge in [0.15, 0.2) is 5.96 Å². The number of piperidine rings is 1. The molecule has 0 aromatic heterocycles. The average molecular weight is 405 g/mol. The Hall–Kier alpha value is -1.63. The van der Waals surface area contributed by atoms with Crippen LogP contribution in [0, 0.1) is 0 Å². The van der Waals surface area contributed by atoms with Crippen molar-refractivity contribution in [3.05, 3.63) is 35.4 Å². The maximum absolute atomic E-state index is 5.49. The average Bonchev–Trinajstić information content (AvgIpc) is 2.75. The van der Waals surface area contributed by atoms with Crippen LogP contribution in [-0.2, 0) is 22.6 Å². The van der Waals surface area contributed by atoms with Crippen molar-refractivity contribution in [2.24, 2.45) is 4.99 Å². The van der Waals surface area contributed by atoms with Crippen LogP contribution in [-0.4, -0.2) is 64.0 Å². The van der Waals surface area contributed by atoms with E-state index >= 15 is 0 Å². The topological polar surface area (TPSA) is 58.1 Å². The second-order valence-corrected chi connectivity index (χ2v) is 7.59. The third kappa shape index (κ3) is 10.6. The molecule has 2 N–H and O–H groups in total. The summed E-state index contributed by atoms with van der Waals surface area (Å²) in [5, 5.41) is 6.73. The molecule has 1 aromatic carbocycles. The molecule has 164 valence electrons.